The first-order valence-corrected chi connectivity index (χ1v) is 11.3. The van der Waals surface area contributed by atoms with Crippen LogP contribution in [0.15, 0.2) is 12.2 Å². The Balaban J connectivity index is 1.76. The van der Waals surface area contributed by atoms with Crippen LogP contribution in [0.1, 0.15) is 85.0 Å². The Bertz CT molecular complexity index is 544. The predicted octanol–water partition coefficient (Wildman–Crippen LogP) is 5.35. The average molecular weight is 376 g/mol. The summed E-state index contributed by atoms with van der Waals surface area (Å²) < 4.78 is 0. The van der Waals surface area contributed by atoms with Crippen LogP contribution in [0.2, 0.25) is 0 Å². The topological polar surface area (TPSA) is 64.3 Å². The van der Waals surface area contributed by atoms with E-state index in [1.54, 1.807) is 6.21 Å². The second-order valence-electron chi connectivity index (χ2n) is 10.4. The molecule has 0 aromatic heterocycles. The van der Waals surface area contributed by atoms with Gasteiger partial charge in [0, 0.05) is 0 Å². The summed E-state index contributed by atoms with van der Waals surface area (Å²) in [4.78, 5) is 0. The molecule has 3 aliphatic rings. The molecular weight excluding hydrogens is 334 g/mol. The van der Waals surface area contributed by atoms with Gasteiger partial charge >= 0.3 is 0 Å². The van der Waals surface area contributed by atoms with Crippen molar-refractivity contribution in [3.05, 3.63) is 12.2 Å². The largest absolute Gasteiger partial charge is 0.393 e. The quantitative estimate of drug-likeness (QED) is 0.415. The van der Waals surface area contributed by atoms with Gasteiger partial charge in [-0.3, -0.25) is 0 Å². The molecule has 3 heteroatoms. The molecule has 2 fully saturated rings. The lowest BCUT2D eigenvalue weighted by Gasteiger charge is -2.54. The summed E-state index contributed by atoms with van der Waals surface area (Å²) in [7, 11) is 0. The van der Waals surface area contributed by atoms with Gasteiger partial charge in [-0.2, -0.15) is 0 Å². The summed E-state index contributed by atoms with van der Waals surface area (Å²) >= 11 is 0. The van der Waals surface area contributed by atoms with E-state index in [1.807, 2.05) is 13.0 Å². The van der Waals surface area contributed by atoms with Crippen molar-refractivity contribution in [2.45, 2.75) is 97.2 Å². The average Bonchev–Trinajstić information content (AvgIpc) is 2.95. The van der Waals surface area contributed by atoms with Gasteiger partial charge in [0.15, 0.2) is 0 Å². The summed E-state index contributed by atoms with van der Waals surface area (Å²) in [6.45, 7) is 6.84. The van der Waals surface area contributed by atoms with Crippen molar-refractivity contribution in [3.8, 4) is 0 Å². The number of rotatable bonds is 7. The van der Waals surface area contributed by atoms with Crippen molar-refractivity contribution in [2.75, 3.05) is 0 Å². The van der Waals surface area contributed by atoms with E-state index in [9.17, 15) is 10.2 Å². The fourth-order valence-electron chi connectivity index (χ4n) is 7.09. The molecule has 2 saturated carbocycles. The SMILES string of the molecule is CC(O)CCCC1CCC2C(CC=N)C(C3(C)C=CC(O)CC3)CCC12C. The number of allylic oxidation sites excluding steroid dienone is 1. The van der Waals surface area contributed by atoms with Gasteiger partial charge in [-0.15, -0.1) is 0 Å². The number of nitrogens with one attached hydrogen (secondary N) is 1. The second kappa shape index (κ2) is 8.37. The van der Waals surface area contributed by atoms with Crippen LogP contribution in [0.3, 0.4) is 0 Å². The van der Waals surface area contributed by atoms with Crippen molar-refractivity contribution < 1.29 is 10.2 Å². The molecule has 0 aliphatic heterocycles. The zero-order chi connectivity index (χ0) is 19.7. The molecule has 0 bridgehead atoms. The first-order valence-electron chi connectivity index (χ1n) is 11.3. The molecule has 3 N–H and O–H groups in total. The normalized spacial score (nSPS) is 45.4. The van der Waals surface area contributed by atoms with Crippen LogP contribution in [0.4, 0.5) is 0 Å². The van der Waals surface area contributed by atoms with Crippen molar-refractivity contribution in [2.24, 2.45) is 34.5 Å². The van der Waals surface area contributed by atoms with E-state index >= 15 is 0 Å². The second-order valence-corrected chi connectivity index (χ2v) is 10.4. The summed E-state index contributed by atoms with van der Waals surface area (Å²) in [5.41, 5.74) is 0.593. The maximum absolute atomic E-state index is 9.92. The van der Waals surface area contributed by atoms with E-state index in [0.717, 1.165) is 43.9 Å². The van der Waals surface area contributed by atoms with Crippen molar-refractivity contribution in [1.29, 1.82) is 5.41 Å². The number of hydrogen-bond acceptors (Lipinski definition) is 3. The summed E-state index contributed by atoms with van der Waals surface area (Å²) in [5, 5.41) is 27.4. The Hall–Kier alpha value is -0.670. The minimum atomic E-state index is -0.266. The Kier molecular flexibility index (Phi) is 6.52. The first-order chi connectivity index (χ1) is 12.8. The molecule has 3 rings (SSSR count). The van der Waals surface area contributed by atoms with Crippen LogP contribution >= 0.6 is 0 Å². The minimum absolute atomic E-state index is 0.176. The highest BCUT2D eigenvalue weighted by atomic mass is 16.3. The van der Waals surface area contributed by atoms with Gasteiger partial charge in [0.25, 0.3) is 0 Å². The Morgan fingerprint density at radius 3 is 2.56 bits per heavy atom. The zero-order valence-corrected chi connectivity index (χ0v) is 17.7. The molecule has 0 heterocycles. The van der Waals surface area contributed by atoms with Crippen LogP contribution in [-0.2, 0) is 0 Å². The van der Waals surface area contributed by atoms with E-state index < -0.39 is 0 Å². The van der Waals surface area contributed by atoms with Gasteiger partial charge < -0.3 is 15.6 Å². The van der Waals surface area contributed by atoms with Crippen molar-refractivity contribution >= 4 is 6.21 Å². The summed E-state index contributed by atoms with van der Waals surface area (Å²) in [6, 6.07) is 0. The fourth-order valence-corrected chi connectivity index (χ4v) is 7.09. The number of aliphatic hydroxyl groups is 2. The number of fused-ring (bicyclic) bond motifs is 1. The molecule has 0 spiro atoms. The standard InChI is InChI=1S/C24H41NO2/c1-17(26)5-4-6-18-7-8-22-20(12-16-25)21(11-15-24(18,22)3)23(2)13-9-19(27)10-14-23/h9,13,16-22,25-27H,4-8,10-12,14-15H2,1-3H3. The monoisotopic (exact) mass is 375 g/mol. The van der Waals surface area contributed by atoms with Gasteiger partial charge in [-0.1, -0.05) is 32.4 Å². The van der Waals surface area contributed by atoms with Crippen LogP contribution in [0.5, 0.6) is 0 Å². The molecule has 0 amide bonds. The molecule has 154 valence electrons. The van der Waals surface area contributed by atoms with Crippen LogP contribution in [0.25, 0.3) is 0 Å². The Morgan fingerprint density at radius 2 is 1.93 bits per heavy atom. The van der Waals surface area contributed by atoms with Crippen LogP contribution < -0.4 is 0 Å². The molecule has 0 radical (unpaired) electrons. The van der Waals surface area contributed by atoms with E-state index in [0.29, 0.717) is 17.3 Å². The van der Waals surface area contributed by atoms with E-state index in [-0.39, 0.29) is 17.6 Å². The highest BCUT2D eigenvalue weighted by Crippen LogP contribution is 2.63. The fraction of sp³-hybridized carbons (Fsp3) is 0.875. The van der Waals surface area contributed by atoms with Gasteiger partial charge in [0.05, 0.1) is 12.2 Å². The third-order valence-electron chi connectivity index (χ3n) is 8.72. The predicted molar refractivity (Wildman–Crippen MR) is 112 cm³/mol. The van der Waals surface area contributed by atoms with E-state index in [1.165, 1.54) is 32.1 Å². The molecular formula is C24H41NO2. The number of hydrogen-bond donors (Lipinski definition) is 3. The summed E-state index contributed by atoms with van der Waals surface area (Å²) in [6.07, 6.45) is 16.9. The maximum Gasteiger partial charge on any atom is 0.0721 e. The Morgan fingerprint density at radius 1 is 1.15 bits per heavy atom. The minimum Gasteiger partial charge on any atom is -0.393 e. The lowest BCUT2D eigenvalue weighted by Crippen LogP contribution is -2.47. The van der Waals surface area contributed by atoms with Crippen LogP contribution in [0, 0.1) is 39.9 Å². The molecule has 0 aromatic rings. The smallest absolute Gasteiger partial charge is 0.0721 e. The Labute approximate surface area is 166 Å². The lowest BCUT2D eigenvalue weighted by molar-refractivity contribution is -0.0307. The van der Waals surface area contributed by atoms with Gasteiger partial charge in [-0.05, 0) is 105 Å². The number of aliphatic hydroxyl groups excluding tert-OH is 2. The van der Waals surface area contributed by atoms with Gasteiger partial charge in [-0.25, -0.2) is 0 Å². The molecule has 27 heavy (non-hydrogen) atoms. The maximum atomic E-state index is 9.92. The van der Waals surface area contributed by atoms with Crippen LogP contribution in [-0.4, -0.2) is 28.6 Å². The summed E-state index contributed by atoms with van der Waals surface area (Å²) in [5.74, 6) is 2.75. The molecule has 3 nitrogen and oxygen atoms in total. The van der Waals surface area contributed by atoms with Gasteiger partial charge in [0.2, 0.25) is 0 Å². The molecule has 8 atom stereocenters. The molecule has 0 saturated heterocycles. The highest BCUT2D eigenvalue weighted by Gasteiger charge is 2.55. The third kappa shape index (κ3) is 4.19. The third-order valence-corrected chi connectivity index (χ3v) is 8.72. The van der Waals surface area contributed by atoms with Gasteiger partial charge in [0.1, 0.15) is 0 Å². The van der Waals surface area contributed by atoms with Crippen molar-refractivity contribution in [3.63, 3.8) is 0 Å². The molecule has 0 aromatic carbocycles. The molecule has 8 unspecified atom stereocenters. The lowest BCUT2D eigenvalue weighted by atomic mass is 9.51. The zero-order valence-electron chi connectivity index (χ0n) is 17.7. The van der Waals surface area contributed by atoms with E-state index in [2.05, 4.69) is 19.9 Å². The highest BCUT2D eigenvalue weighted by molar-refractivity contribution is 5.53. The van der Waals surface area contributed by atoms with Crippen molar-refractivity contribution in [1.82, 2.24) is 0 Å². The van der Waals surface area contributed by atoms with E-state index in [4.69, 9.17) is 5.41 Å². The molecule has 3 aliphatic carbocycles. The first kappa shape index (κ1) is 21.0.